The molecule has 0 bridgehead atoms. The van der Waals surface area contributed by atoms with E-state index in [4.69, 9.17) is 10.3 Å². The molecule has 0 spiro atoms. The van der Waals surface area contributed by atoms with E-state index in [2.05, 4.69) is 15.1 Å². The molecule has 1 atom stereocenters. The molecule has 0 fully saturated rings. The lowest BCUT2D eigenvalue weighted by Crippen LogP contribution is -2.11. The first-order valence-electron chi connectivity index (χ1n) is 5.37. The monoisotopic (exact) mass is 258 g/mol. The average Bonchev–Trinajstić information content (AvgIpc) is 3.09. The lowest BCUT2D eigenvalue weighted by atomic mass is 10.1. The number of thiazole rings is 1. The molecule has 3 rings (SSSR count). The minimum atomic E-state index is -0.411. The molecule has 90 valence electrons. The number of aromatic nitrogens is 3. The molecule has 0 saturated heterocycles. The Hall–Kier alpha value is -2.05. The van der Waals surface area contributed by atoms with Gasteiger partial charge in [-0.1, -0.05) is 35.5 Å². The quantitative estimate of drug-likeness (QED) is 0.779. The topological polar surface area (TPSA) is 77.8 Å². The summed E-state index contributed by atoms with van der Waals surface area (Å²) in [5.74, 6) is 0.863. The third-order valence-electron chi connectivity index (χ3n) is 2.53. The molecule has 0 aliphatic carbocycles. The summed E-state index contributed by atoms with van der Waals surface area (Å²) in [5, 5.41) is 5.75. The molecule has 0 radical (unpaired) electrons. The Morgan fingerprint density at radius 1 is 1.22 bits per heavy atom. The fraction of sp³-hybridized carbons (Fsp3) is 0.0833. The Balaban J connectivity index is 1.90. The molecule has 1 aromatic carbocycles. The Morgan fingerprint density at radius 2 is 2.06 bits per heavy atom. The van der Waals surface area contributed by atoms with Gasteiger partial charge in [0.15, 0.2) is 0 Å². The van der Waals surface area contributed by atoms with E-state index in [1.165, 1.54) is 11.3 Å². The van der Waals surface area contributed by atoms with E-state index < -0.39 is 6.04 Å². The van der Waals surface area contributed by atoms with Gasteiger partial charge in [0, 0.05) is 5.38 Å². The van der Waals surface area contributed by atoms with Gasteiger partial charge in [0.1, 0.15) is 11.7 Å². The first kappa shape index (κ1) is 11.1. The molecular formula is C12H10N4OS. The van der Waals surface area contributed by atoms with Crippen molar-refractivity contribution >= 4 is 11.3 Å². The average molecular weight is 258 g/mol. The van der Waals surface area contributed by atoms with Gasteiger partial charge in [0.25, 0.3) is 0 Å². The van der Waals surface area contributed by atoms with Crippen molar-refractivity contribution < 1.29 is 4.52 Å². The van der Waals surface area contributed by atoms with Crippen LogP contribution < -0.4 is 5.73 Å². The lowest BCUT2D eigenvalue weighted by Gasteiger charge is -2.05. The van der Waals surface area contributed by atoms with E-state index in [-0.39, 0.29) is 0 Å². The largest absolute Gasteiger partial charge is 0.337 e. The van der Waals surface area contributed by atoms with Gasteiger partial charge >= 0.3 is 0 Å². The normalized spacial score (nSPS) is 12.5. The van der Waals surface area contributed by atoms with Crippen LogP contribution in [0.3, 0.4) is 0 Å². The fourth-order valence-electron chi connectivity index (χ4n) is 1.59. The second kappa shape index (κ2) is 4.67. The van der Waals surface area contributed by atoms with Crippen molar-refractivity contribution in [1.82, 2.24) is 15.1 Å². The molecule has 6 heteroatoms. The van der Waals surface area contributed by atoms with Gasteiger partial charge in [-0.3, -0.25) is 0 Å². The van der Waals surface area contributed by atoms with Crippen LogP contribution in [0.4, 0.5) is 0 Å². The highest BCUT2D eigenvalue weighted by atomic mass is 32.1. The van der Waals surface area contributed by atoms with Crippen molar-refractivity contribution in [3.05, 3.63) is 52.7 Å². The maximum atomic E-state index is 6.07. The van der Waals surface area contributed by atoms with E-state index in [0.717, 1.165) is 5.56 Å². The highest BCUT2D eigenvalue weighted by molar-refractivity contribution is 7.07. The molecule has 5 nitrogen and oxygen atoms in total. The Morgan fingerprint density at radius 3 is 2.78 bits per heavy atom. The van der Waals surface area contributed by atoms with Crippen molar-refractivity contribution in [3.8, 4) is 11.5 Å². The zero-order chi connectivity index (χ0) is 12.4. The zero-order valence-corrected chi connectivity index (χ0v) is 10.2. The summed E-state index contributed by atoms with van der Waals surface area (Å²) in [6.07, 6.45) is 0. The molecule has 0 saturated carbocycles. The van der Waals surface area contributed by atoms with E-state index in [1.54, 1.807) is 5.51 Å². The van der Waals surface area contributed by atoms with Crippen LogP contribution >= 0.6 is 11.3 Å². The van der Waals surface area contributed by atoms with Gasteiger partial charge in [-0.2, -0.15) is 4.98 Å². The van der Waals surface area contributed by atoms with Crippen LogP contribution in [0.15, 0.2) is 45.7 Å². The van der Waals surface area contributed by atoms with E-state index in [0.29, 0.717) is 17.4 Å². The minimum Gasteiger partial charge on any atom is -0.337 e. The van der Waals surface area contributed by atoms with Crippen LogP contribution in [-0.4, -0.2) is 15.1 Å². The Kier molecular flexibility index (Phi) is 2.87. The van der Waals surface area contributed by atoms with Gasteiger partial charge in [0.05, 0.1) is 5.51 Å². The number of hydrogen-bond acceptors (Lipinski definition) is 6. The molecule has 18 heavy (non-hydrogen) atoms. The summed E-state index contributed by atoms with van der Waals surface area (Å²) >= 11 is 1.48. The highest BCUT2D eigenvalue weighted by Crippen LogP contribution is 2.21. The maximum absolute atomic E-state index is 6.07. The second-order valence-electron chi connectivity index (χ2n) is 3.72. The maximum Gasteiger partial charge on any atom is 0.248 e. The SMILES string of the molecule is NC(c1ccccc1)c1nc(-c2cscn2)no1. The highest BCUT2D eigenvalue weighted by Gasteiger charge is 2.17. The summed E-state index contributed by atoms with van der Waals surface area (Å²) in [5.41, 5.74) is 9.43. The van der Waals surface area contributed by atoms with Crippen LogP contribution in [0.25, 0.3) is 11.5 Å². The second-order valence-corrected chi connectivity index (χ2v) is 4.44. The standard InChI is InChI=1S/C12H10N4OS/c13-10(8-4-2-1-3-5-8)12-15-11(16-17-12)9-6-18-7-14-9/h1-7,10H,13H2. The van der Waals surface area contributed by atoms with Crippen LogP contribution in [0, 0.1) is 0 Å². The Bertz CT molecular complexity index is 621. The van der Waals surface area contributed by atoms with Gasteiger partial charge in [-0.05, 0) is 5.56 Å². The first-order chi connectivity index (χ1) is 8.84. The molecule has 0 amide bonds. The fourth-order valence-corrected chi connectivity index (χ4v) is 2.12. The first-order valence-corrected chi connectivity index (χ1v) is 6.31. The summed E-state index contributed by atoms with van der Waals surface area (Å²) in [7, 11) is 0. The minimum absolute atomic E-state index is 0.393. The smallest absolute Gasteiger partial charge is 0.248 e. The summed E-state index contributed by atoms with van der Waals surface area (Å²) < 4.78 is 5.18. The van der Waals surface area contributed by atoms with Gasteiger partial charge in [-0.25, -0.2) is 4.98 Å². The van der Waals surface area contributed by atoms with Crippen LogP contribution in [-0.2, 0) is 0 Å². The molecule has 3 aromatic rings. The molecule has 2 N–H and O–H groups in total. The van der Waals surface area contributed by atoms with Crippen molar-refractivity contribution in [2.24, 2.45) is 5.73 Å². The third-order valence-corrected chi connectivity index (χ3v) is 3.11. The van der Waals surface area contributed by atoms with Crippen LogP contribution in [0.1, 0.15) is 17.5 Å². The number of nitrogens with two attached hydrogens (primary N) is 1. The van der Waals surface area contributed by atoms with Gasteiger partial charge in [0.2, 0.25) is 11.7 Å². The number of nitrogens with zero attached hydrogens (tertiary/aromatic N) is 3. The molecule has 0 aliphatic heterocycles. The summed E-state index contributed by atoms with van der Waals surface area (Å²) in [6, 6.07) is 9.23. The van der Waals surface area contributed by atoms with Crippen LogP contribution in [0.2, 0.25) is 0 Å². The van der Waals surface area contributed by atoms with Crippen LogP contribution in [0.5, 0.6) is 0 Å². The summed E-state index contributed by atoms with van der Waals surface area (Å²) in [6.45, 7) is 0. The lowest BCUT2D eigenvalue weighted by molar-refractivity contribution is 0.367. The molecule has 0 aliphatic rings. The third kappa shape index (κ3) is 2.03. The van der Waals surface area contributed by atoms with E-state index >= 15 is 0 Å². The van der Waals surface area contributed by atoms with Crippen molar-refractivity contribution in [1.29, 1.82) is 0 Å². The van der Waals surface area contributed by atoms with E-state index in [1.807, 2.05) is 35.7 Å². The van der Waals surface area contributed by atoms with Crippen molar-refractivity contribution in [2.75, 3.05) is 0 Å². The number of benzene rings is 1. The summed E-state index contributed by atoms with van der Waals surface area (Å²) in [4.78, 5) is 8.40. The molecular weight excluding hydrogens is 248 g/mol. The van der Waals surface area contributed by atoms with E-state index in [9.17, 15) is 0 Å². The predicted molar refractivity (Wildman–Crippen MR) is 67.9 cm³/mol. The van der Waals surface area contributed by atoms with Crippen molar-refractivity contribution in [3.63, 3.8) is 0 Å². The number of hydrogen-bond donors (Lipinski definition) is 1. The Labute approximate surface area is 107 Å². The van der Waals surface area contributed by atoms with Gasteiger partial charge < -0.3 is 10.3 Å². The predicted octanol–water partition coefficient (Wildman–Crippen LogP) is 2.24. The molecule has 2 heterocycles. The van der Waals surface area contributed by atoms with Gasteiger partial charge in [-0.15, -0.1) is 11.3 Å². The number of rotatable bonds is 3. The zero-order valence-electron chi connectivity index (χ0n) is 9.35. The van der Waals surface area contributed by atoms with Crippen molar-refractivity contribution in [2.45, 2.75) is 6.04 Å². The molecule has 1 unspecified atom stereocenters. The molecule has 2 aromatic heterocycles.